The fraction of sp³-hybridized carbons (Fsp3) is 0.333. The SMILES string of the molecule is CCc1nccc[n+]1[O-]. The maximum absolute atomic E-state index is 10.7. The Morgan fingerprint density at radius 2 is 2.56 bits per heavy atom. The molecule has 0 N–H and O–H groups in total. The fourth-order valence-corrected chi connectivity index (χ4v) is 0.636. The van der Waals surface area contributed by atoms with E-state index < -0.39 is 0 Å². The van der Waals surface area contributed by atoms with E-state index in [4.69, 9.17) is 0 Å². The number of aryl methyl sites for hydroxylation is 1. The van der Waals surface area contributed by atoms with Gasteiger partial charge in [0.1, 0.15) is 6.20 Å². The van der Waals surface area contributed by atoms with Crippen LogP contribution < -0.4 is 4.73 Å². The summed E-state index contributed by atoms with van der Waals surface area (Å²) < 4.78 is 0.778. The van der Waals surface area contributed by atoms with Crippen molar-refractivity contribution in [3.63, 3.8) is 0 Å². The van der Waals surface area contributed by atoms with E-state index in [-0.39, 0.29) is 0 Å². The molecule has 0 saturated carbocycles. The van der Waals surface area contributed by atoms with E-state index in [1.54, 1.807) is 12.3 Å². The van der Waals surface area contributed by atoms with Crippen molar-refractivity contribution in [3.05, 3.63) is 29.5 Å². The van der Waals surface area contributed by atoms with Crippen LogP contribution in [0.1, 0.15) is 12.7 Å². The molecule has 0 aliphatic rings. The number of hydrogen-bond donors (Lipinski definition) is 0. The van der Waals surface area contributed by atoms with Crippen LogP contribution in [-0.4, -0.2) is 4.98 Å². The van der Waals surface area contributed by atoms with Crippen LogP contribution >= 0.6 is 0 Å². The summed E-state index contributed by atoms with van der Waals surface area (Å²) in [6.45, 7) is 1.90. The summed E-state index contributed by atoms with van der Waals surface area (Å²) in [6.07, 6.45) is 3.75. The summed E-state index contributed by atoms with van der Waals surface area (Å²) in [5.74, 6) is 0.567. The second kappa shape index (κ2) is 2.44. The van der Waals surface area contributed by atoms with Crippen LogP contribution in [0.3, 0.4) is 0 Å². The molecule has 3 heteroatoms. The molecule has 0 radical (unpaired) electrons. The van der Waals surface area contributed by atoms with Crippen molar-refractivity contribution < 1.29 is 4.73 Å². The van der Waals surface area contributed by atoms with Gasteiger partial charge in [0.2, 0.25) is 0 Å². The zero-order chi connectivity index (χ0) is 6.69. The highest BCUT2D eigenvalue weighted by atomic mass is 16.5. The monoisotopic (exact) mass is 124 g/mol. The highest BCUT2D eigenvalue weighted by Crippen LogP contribution is 1.83. The molecular formula is C6H8N2O. The molecule has 0 aliphatic carbocycles. The number of nitrogens with zero attached hydrogens (tertiary/aromatic N) is 2. The molecule has 48 valence electrons. The molecule has 0 atom stereocenters. The molecule has 1 rings (SSSR count). The first-order valence-corrected chi connectivity index (χ1v) is 2.87. The van der Waals surface area contributed by atoms with E-state index in [0.29, 0.717) is 12.2 Å². The molecule has 0 amide bonds. The smallest absolute Gasteiger partial charge is 0.300 e. The van der Waals surface area contributed by atoms with Crippen LogP contribution in [0.15, 0.2) is 18.5 Å². The van der Waals surface area contributed by atoms with E-state index in [9.17, 15) is 5.21 Å². The Kier molecular flexibility index (Phi) is 1.63. The first-order valence-electron chi connectivity index (χ1n) is 2.87. The summed E-state index contributed by atoms with van der Waals surface area (Å²) in [5, 5.41) is 10.7. The van der Waals surface area contributed by atoms with Crippen LogP contribution in [0.25, 0.3) is 0 Å². The third kappa shape index (κ3) is 1.16. The lowest BCUT2D eigenvalue weighted by molar-refractivity contribution is -0.617. The van der Waals surface area contributed by atoms with Gasteiger partial charge < -0.3 is 5.21 Å². The van der Waals surface area contributed by atoms with Gasteiger partial charge in [-0.15, -0.1) is 0 Å². The van der Waals surface area contributed by atoms with Gasteiger partial charge in [0.05, 0.1) is 12.6 Å². The summed E-state index contributed by atoms with van der Waals surface area (Å²) in [7, 11) is 0. The van der Waals surface area contributed by atoms with Gasteiger partial charge in [0, 0.05) is 6.07 Å². The van der Waals surface area contributed by atoms with Crippen molar-refractivity contribution >= 4 is 0 Å². The summed E-state index contributed by atoms with van der Waals surface area (Å²) in [5.41, 5.74) is 0. The van der Waals surface area contributed by atoms with E-state index in [1.165, 1.54) is 6.20 Å². The van der Waals surface area contributed by atoms with Crippen molar-refractivity contribution in [2.45, 2.75) is 13.3 Å². The van der Waals surface area contributed by atoms with Gasteiger partial charge in [0.25, 0.3) is 0 Å². The van der Waals surface area contributed by atoms with Gasteiger partial charge in [-0.05, 0) is 0 Å². The lowest BCUT2D eigenvalue weighted by atomic mass is 10.4. The zero-order valence-corrected chi connectivity index (χ0v) is 5.24. The van der Waals surface area contributed by atoms with Gasteiger partial charge in [0.15, 0.2) is 0 Å². The number of aromatic nitrogens is 2. The maximum Gasteiger partial charge on any atom is 0.300 e. The summed E-state index contributed by atoms with van der Waals surface area (Å²) >= 11 is 0. The molecule has 9 heavy (non-hydrogen) atoms. The third-order valence-corrected chi connectivity index (χ3v) is 1.10. The van der Waals surface area contributed by atoms with Crippen molar-refractivity contribution in [2.75, 3.05) is 0 Å². The Morgan fingerprint density at radius 3 is 3.00 bits per heavy atom. The standard InChI is InChI=1S/C6H8N2O/c1-2-6-7-4-3-5-8(6)9/h3-5H,2H2,1H3. The molecule has 1 aromatic heterocycles. The van der Waals surface area contributed by atoms with Crippen molar-refractivity contribution in [1.82, 2.24) is 4.98 Å². The highest BCUT2D eigenvalue weighted by Gasteiger charge is 1.98. The van der Waals surface area contributed by atoms with E-state index in [2.05, 4.69) is 4.98 Å². The van der Waals surface area contributed by atoms with E-state index in [1.807, 2.05) is 6.92 Å². The van der Waals surface area contributed by atoms with Crippen molar-refractivity contribution in [3.8, 4) is 0 Å². The van der Waals surface area contributed by atoms with Crippen LogP contribution in [0.5, 0.6) is 0 Å². The molecule has 0 bridgehead atoms. The predicted molar refractivity (Wildman–Crippen MR) is 32.6 cm³/mol. The first kappa shape index (κ1) is 6.01. The molecule has 1 aromatic rings. The Balaban J connectivity index is 3.01. The van der Waals surface area contributed by atoms with Crippen molar-refractivity contribution in [2.24, 2.45) is 0 Å². The second-order valence-electron chi connectivity index (χ2n) is 1.72. The molecule has 0 aliphatic heterocycles. The van der Waals surface area contributed by atoms with Gasteiger partial charge in [-0.3, -0.25) is 0 Å². The molecule has 0 unspecified atom stereocenters. The Morgan fingerprint density at radius 1 is 1.78 bits per heavy atom. The van der Waals surface area contributed by atoms with Gasteiger partial charge in [-0.25, -0.2) is 4.73 Å². The van der Waals surface area contributed by atoms with Crippen LogP contribution in [-0.2, 0) is 6.42 Å². The minimum Gasteiger partial charge on any atom is -0.711 e. The average Bonchev–Trinajstić information content (AvgIpc) is 1.89. The number of hydrogen-bond acceptors (Lipinski definition) is 2. The lowest BCUT2D eigenvalue weighted by Crippen LogP contribution is -2.31. The molecular weight excluding hydrogens is 116 g/mol. The number of rotatable bonds is 1. The van der Waals surface area contributed by atoms with Gasteiger partial charge in [-0.2, -0.15) is 0 Å². The van der Waals surface area contributed by atoms with Crippen LogP contribution in [0.2, 0.25) is 0 Å². The second-order valence-corrected chi connectivity index (χ2v) is 1.72. The third-order valence-electron chi connectivity index (χ3n) is 1.10. The van der Waals surface area contributed by atoms with E-state index in [0.717, 1.165) is 4.73 Å². The predicted octanol–water partition coefficient (Wildman–Crippen LogP) is 0.277. The minimum atomic E-state index is 0.567. The molecule has 0 saturated heterocycles. The summed E-state index contributed by atoms with van der Waals surface area (Å²) in [6, 6.07) is 1.62. The first-order chi connectivity index (χ1) is 4.34. The van der Waals surface area contributed by atoms with E-state index >= 15 is 0 Å². The Labute approximate surface area is 53.6 Å². The minimum absolute atomic E-state index is 0.567. The van der Waals surface area contributed by atoms with Gasteiger partial charge >= 0.3 is 5.82 Å². The zero-order valence-electron chi connectivity index (χ0n) is 5.24. The molecule has 3 nitrogen and oxygen atoms in total. The normalized spacial score (nSPS) is 9.44. The molecule has 1 heterocycles. The van der Waals surface area contributed by atoms with Crippen LogP contribution in [0, 0.1) is 5.21 Å². The molecule has 0 fully saturated rings. The van der Waals surface area contributed by atoms with Crippen LogP contribution in [0.4, 0.5) is 0 Å². The molecule has 0 spiro atoms. The Bertz CT molecular complexity index is 200. The van der Waals surface area contributed by atoms with Crippen molar-refractivity contribution in [1.29, 1.82) is 0 Å². The topological polar surface area (TPSA) is 39.8 Å². The lowest BCUT2D eigenvalue weighted by Gasteiger charge is -2.00. The summed E-state index contributed by atoms with van der Waals surface area (Å²) in [4.78, 5) is 3.85. The maximum atomic E-state index is 10.7. The quantitative estimate of drug-likeness (QED) is 0.398. The highest BCUT2D eigenvalue weighted by molar-refractivity contribution is 4.79. The fourth-order valence-electron chi connectivity index (χ4n) is 0.636. The average molecular weight is 124 g/mol. The largest absolute Gasteiger partial charge is 0.711 e. The van der Waals surface area contributed by atoms with Gasteiger partial charge in [-0.1, -0.05) is 11.9 Å². The molecule has 0 aromatic carbocycles. The Hall–Kier alpha value is -1.12.